The van der Waals surface area contributed by atoms with Crippen LogP contribution in [0.5, 0.6) is 0 Å². The van der Waals surface area contributed by atoms with Crippen LogP contribution in [0.2, 0.25) is 5.02 Å². The minimum absolute atomic E-state index is 0.128. The summed E-state index contributed by atoms with van der Waals surface area (Å²) in [6.07, 6.45) is 2.68. The Morgan fingerprint density at radius 3 is 2.43 bits per heavy atom. The summed E-state index contributed by atoms with van der Waals surface area (Å²) in [6.45, 7) is 0. The molecule has 0 amide bonds. The third-order valence-corrected chi connectivity index (χ3v) is 5.25. The number of rotatable bonds is 4. The molecule has 8 heteroatoms. The molecule has 5 nitrogen and oxygen atoms in total. The van der Waals surface area contributed by atoms with Crippen LogP contribution in [0.15, 0.2) is 51.3 Å². The van der Waals surface area contributed by atoms with Crippen LogP contribution in [-0.2, 0) is 9.84 Å². The van der Waals surface area contributed by atoms with Crippen LogP contribution in [0.3, 0.4) is 0 Å². The molecule has 0 unspecified atom stereocenters. The van der Waals surface area contributed by atoms with E-state index in [2.05, 4.69) is 4.98 Å². The van der Waals surface area contributed by atoms with Crippen molar-refractivity contribution in [2.45, 2.75) is 14.8 Å². The maximum atomic E-state index is 11.4. The number of hydrogen-bond acceptors (Lipinski definition) is 5. The Morgan fingerprint density at radius 2 is 1.90 bits per heavy atom. The lowest BCUT2D eigenvalue weighted by Gasteiger charge is -2.07. The molecule has 21 heavy (non-hydrogen) atoms. The van der Waals surface area contributed by atoms with Crippen LogP contribution < -0.4 is 5.73 Å². The van der Waals surface area contributed by atoms with Crippen molar-refractivity contribution in [1.29, 1.82) is 5.41 Å². The lowest BCUT2D eigenvalue weighted by Crippen LogP contribution is -2.12. The molecule has 1 heterocycles. The fourth-order valence-electron chi connectivity index (χ4n) is 1.57. The number of nitrogens with two attached hydrogens (primary N) is 1. The van der Waals surface area contributed by atoms with Gasteiger partial charge in [-0.3, -0.25) is 5.41 Å². The highest BCUT2D eigenvalue weighted by molar-refractivity contribution is 7.99. The normalized spacial score (nSPS) is 11.3. The molecule has 2 aromatic rings. The Morgan fingerprint density at radius 1 is 1.29 bits per heavy atom. The third-order valence-electron chi connectivity index (χ3n) is 2.61. The molecule has 0 aliphatic rings. The van der Waals surface area contributed by atoms with Gasteiger partial charge in [-0.2, -0.15) is 0 Å². The molecule has 1 aromatic carbocycles. The van der Waals surface area contributed by atoms with Crippen molar-refractivity contribution < 1.29 is 8.42 Å². The molecule has 1 aromatic heterocycles. The van der Waals surface area contributed by atoms with E-state index in [9.17, 15) is 8.42 Å². The first-order chi connectivity index (χ1) is 9.79. The Bertz CT molecular complexity index is 790. The van der Waals surface area contributed by atoms with E-state index in [-0.39, 0.29) is 10.7 Å². The molecule has 0 atom stereocenters. The summed E-state index contributed by atoms with van der Waals surface area (Å²) in [7, 11) is -3.21. The fraction of sp³-hybridized carbons (Fsp3) is 0.0769. The summed E-state index contributed by atoms with van der Waals surface area (Å²) in [5.74, 6) is -0.128. The van der Waals surface area contributed by atoms with Gasteiger partial charge in [0.1, 0.15) is 10.9 Å². The summed E-state index contributed by atoms with van der Waals surface area (Å²) in [4.78, 5) is 5.19. The number of benzene rings is 1. The summed E-state index contributed by atoms with van der Waals surface area (Å²) in [6, 6.07) is 7.99. The van der Waals surface area contributed by atoms with E-state index >= 15 is 0 Å². The lowest BCUT2D eigenvalue weighted by atomic mass is 10.2. The lowest BCUT2D eigenvalue weighted by molar-refractivity contribution is 0.602. The zero-order valence-corrected chi connectivity index (χ0v) is 13.4. The SMILES string of the molecule is CS(=O)(=O)c1ccc(Sc2nccc(C(=N)N)c2Cl)cc1. The summed E-state index contributed by atoms with van der Waals surface area (Å²) in [5, 5.41) is 8.26. The fourth-order valence-corrected chi connectivity index (χ4v) is 3.34. The van der Waals surface area contributed by atoms with E-state index in [1.54, 1.807) is 18.2 Å². The monoisotopic (exact) mass is 341 g/mol. The minimum atomic E-state index is -3.21. The molecule has 110 valence electrons. The van der Waals surface area contributed by atoms with Crippen molar-refractivity contribution in [2.75, 3.05) is 6.26 Å². The van der Waals surface area contributed by atoms with Crippen molar-refractivity contribution in [3.63, 3.8) is 0 Å². The van der Waals surface area contributed by atoms with Crippen LogP contribution in [0.4, 0.5) is 0 Å². The first-order valence-corrected chi connectivity index (χ1v) is 8.84. The predicted molar refractivity (Wildman–Crippen MR) is 83.9 cm³/mol. The zero-order valence-electron chi connectivity index (χ0n) is 11.0. The number of halogens is 1. The van der Waals surface area contributed by atoms with Crippen molar-refractivity contribution in [2.24, 2.45) is 5.73 Å². The second-order valence-corrected chi connectivity index (χ2v) is 7.69. The quantitative estimate of drug-likeness (QED) is 0.658. The molecule has 0 radical (unpaired) electrons. The first kappa shape index (κ1) is 15.8. The Labute approximate surface area is 132 Å². The molecule has 3 N–H and O–H groups in total. The zero-order chi connectivity index (χ0) is 15.6. The summed E-state index contributed by atoms with van der Waals surface area (Å²) >= 11 is 7.43. The molecule has 0 aliphatic carbocycles. The van der Waals surface area contributed by atoms with Gasteiger partial charge in [-0.25, -0.2) is 13.4 Å². The van der Waals surface area contributed by atoms with Gasteiger partial charge in [-0.15, -0.1) is 0 Å². The molecule has 0 saturated carbocycles. The molecule has 2 rings (SSSR count). The Balaban J connectivity index is 2.31. The maximum absolute atomic E-state index is 11.4. The van der Waals surface area contributed by atoms with Gasteiger partial charge in [0.25, 0.3) is 0 Å². The second-order valence-electron chi connectivity index (χ2n) is 4.24. The summed E-state index contributed by atoms with van der Waals surface area (Å²) in [5.41, 5.74) is 5.86. The first-order valence-electron chi connectivity index (χ1n) is 5.76. The van der Waals surface area contributed by atoms with E-state index in [0.717, 1.165) is 11.2 Å². The van der Waals surface area contributed by atoms with E-state index in [4.69, 9.17) is 22.7 Å². The number of nitrogens with one attached hydrogen (secondary N) is 1. The summed E-state index contributed by atoms with van der Waals surface area (Å²) < 4.78 is 22.8. The number of nitrogen functional groups attached to an aromatic ring is 1. The van der Waals surface area contributed by atoms with E-state index in [0.29, 0.717) is 15.6 Å². The highest BCUT2D eigenvalue weighted by atomic mass is 35.5. The smallest absolute Gasteiger partial charge is 0.175 e. The molecule has 0 fully saturated rings. The minimum Gasteiger partial charge on any atom is -0.384 e. The number of pyridine rings is 1. The van der Waals surface area contributed by atoms with Crippen LogP contribution in [0, 0.1) is 5.41 Å². The van der Waals surface area contributed by atoms with Crippen LogP contribution in [0.1, 0.15) is 5.56 Å². The van der Waals surface area contributed by atoms with E-state index in [1.807, 2.05) is 0 Å². The number of amidine groups is 1. The Hall–Kier alpha value is -1.57. The van der Waals surface area contributed by atoms with Gasteiger partial charge >= 0.3 is 0 Å². The van der Waals surface area contributed by atoms with Gasteiger partial charge in [0, 0.05) is 22.9 Å². The van der Waals surface area contributed by atoms with Gasteiger partial charge in [0.2, 0.25) is 0 Å². The molecule has 0 aliphatic heterocycles. The average molecular weight is 342 g/mol. The highest BCUT2D eigenvalue weighted by Crippen LogP contribution is 2.33. The van der Waals surface area contributed by atoms with Gasteiger partial charge < -0.3 is 5.73 Å². The van der Waals surface area contributed by atoms with Crippen molar-refractivity contribution in [3.05, 3.63) is 47.1 Å². The number of nitrogens with zero attached hydrogens (tertiary/aromatic N) is 1. The number of aromatic nitrogens is 1. The van der Waals surface area contributed by atoms with Gasteiger partial charge in [-0.05, 0) is 30.3 Å². The molecular formula is C13H12ClN3O2S2. The standard InChI is InChI=1S/C13H12ClN3O2S2/c1-21(18,19)9-4-2-8(3-5-9)20-13-11(14)10(12(15)16)6-7-17-13/h2-7H,1H3,(H3,15,16). The van der Waals surface area contributed by atoms with Gasteiger partial charge in [0.15, 0.2) is 9.84 Å². The van der Waals surface area contributed by atoms with Crippen LogP contribution >= 0.6 is 23.4 Å². The third kappa shape index (κ3) is 3.75. The topological polar surface area (TPSA) is 96.9 Å². The van der Waals surface area contributed by atoms with E-state index in [1.165, 1.54) is 30.1 Å². The second kappa shape index (κ2) is 6.05. The van der Waals surface area contributed by atoms with Gasteiger partial charge in [0.05, 0.1) is 9.92 Å². The van der Waals surface area contributed by atoms with E-state index < -0.39 is 9.84 Å². The molecule has 0 bridgehead atoms. The highest BCUT2D eigenvalue weighted by Gasteiger charge is 2.12. The molecule has 0 spiro atoms. The Kier molecular flexibility index (Phi) is 4.55. The molecular weight excluding hydrogens is 330 g/mol. The number of hydrogen-bond donors (Lipinski definition) is 2. The largest absolute Gasteiger partial charge is 0.384 e. The van der Waals surface area contributed by atoms with Crippen LogP contribution in [-0.4, -0.2) is 25.5 Å². The maximum Gasteiger partial charge on any atom is 0.175 e. The van der Waals surface area contributed by atoms with Crippen molar-refractivity contribution in [1.82, 2.24) is 4.98 Å². The average Bonchev–Trinajstić information content (AvgIpc) is 2.40. The van der Waals surface area contributed by atoms with Crippen molar-refractivity contribution in [3.8, 4) is 0 Å². The van der Waals surface area contributed by atoms with Crippen LogP contribution in [0.25, 0.3) is 0 Å². The predicted octanol–water partition coefficient (Wildman–Crippen LogP) is 2.57. The number of sulfone groups is 1. The molecule has 0 saturated heterocycles. The van der Waals surface area contributed by atoms with Crippen molar-refractivity contribution >= 4 is 39.0 Å². The van der Waals surface area contributed by atoms with Gasteiger partial charge in [-0.1, -0.05) is 23.4 Å².